The maximum absolute atomic E-state index is 5.78. The molecule has 1 heterocycles. The zero-order valence-electron chi connectivity index (χ0n) is 10.2. The first-order chi connectivity index (χ1) is 8.29. The van der Waals surface area contributed by atoms with Crippen LogP contribution in [0.15, 0.2) is 18.2 Å². The molecular formula is C13H20N2O2. The molecule has 1 aromatic carbocycles. The number of piperidine rings is 1. The van der Waals surface area contributed by atoms with E-state index in [0.717, 1.165) is 25.4 Å². The Balaban J connectivity index is 1.89. The highest BCUT2D eigenvalue weighted by atomic mass is 16.5. The zero-order valence-corrected chi connectivity index (χ0v) is 10.2. The number of benzene rings is 1. The fourth-order valence-corrected chi connectivity index (χ4v) is 2.04. The number of nitrogens with one attached hydrogen (secondary N) is 1. The summed E-state index contributed by atoms with van der Waals surface area (Å²) in [5.74, 6) is 2.15. The van der Waals surface area contributed by atoms with Gasteiger partial charge in [0.05, 0.1) is 19.4 Å². The van der Waals surface area contributed by atoms with Crippen LogP contribution < -0.4 is 20.5 Å². The molecule has 0 radical (unpaired) electrons. The minimum atomic E-state index is 0.640. The van der Waals surface area contributed by atoms with E-state index < -0.39 is 0 Å². The average molecular weight is 236 g/mol. The van der Waals surface area contributed by atoms with Gasteiger partial charge in [-0.05, 0) is 44.0 Å². The largest absolute Gasteiger partial charge is 0.494 e. The van der Waals surface area contributed by atoms with Gasteiger partial charge in [0.15, 0.2) is 0 Å². The molecule has 1 saturated heterocycles. The standard InChI is InChI=1S/C13H20N2O2/c1-16-13-8-11(2-3-12(13)14)17-9-10-4-6-15-7-5-10/h2-3,8,10,15H,4-7,9,14H2,1H3. The lowest BCUT2D eigenvalue weighted by Crippen LogP contribution is -2.30. The first kappa shape index (κ1) is 12.0. The summed E-state index contributed by atoms with van der Waals surface area (Å²) in [6.45, 7) is 2.97. The summed E-state index contributed by atoms with van der Waals surface area (Å²) >= 11 is 0. The van der Waals surface area contributed by atoms with E-state index in [2.05, 4.69) is 5.32 Å². The van der Waals surface area contributed by atoms with Crippen molar-refractivity contribution in [3.8, 4) is 11.5 Å². The third-order valence-electron chi connectivity index (χ3n) is 3.15. The molecule has 2 rings (SSSR count). The van der Waals surface area contributed by atoms with Gasteiger partial charge in [-0.3, -0.25) is 0 Å². The smallest absolute Gasteiger partial charge is 0.145 e. The summed E-state index contributed by atoms with van der Waals surface area (Å²) in [6, 6.07) is 5.55. The van der Waals surface area contributed by atoms with Crippen molar-refractivity contribution in [1.29, 1.82) is 0 Å². The molecule has 0 saturated carbocycles. The van der Waals surface area contributed by atoms with Crippen molar-refractivity contribution in [2.24, 2.45) is 5.92 Å². The molecule has 1 aromatic rings. The van der Waals surface area contributed by atoms with Gasteiger partial charge in [-0.2, -0.15) is 0 Å². The number of anilines is 1. The predicted molar refractivity (Wildman–Crippen MR) is 68.5 cm³/mol. The van der Waals surface area contributed by atoms with E-state index in [1.165, 1.54) is 12.8 Å². The van der Waals surface area contributed by atoms with Crippen LogP contribution in [0.1, 0.15) is 12.8 Å². The van der Waals surface area contributed by atoms with Gasteiger partial charge >= 0.3 is 0 Å². The fourth-order valence-electron chi connectivity index (χ4n) is 2.04. The zero-order chi connectivity index (χ0) is 12.1. The lowest BCUT2D eigenvalue weighted by atomic mass is 9.99. The summed E-state index contributed by atoms with van der Waals surface area (Å²) in [5, 5.41) is 3.35. The Morgan fingerprint density at radius 1 is 1.35 bits per heavy atom. The van der Waals surface area contributed by atoms with Crippen molar-refractivity contribution < 1.29 is 9.47 Å². The van der Waals surface area contributed by atoms with E-state index in [1.807, 2.05) is 18.2 Å². The summed E-state index contributed by atoms with van der Waals surface area (Å²) in [4.78, 5) is 0. The molecule has 0 aromatic heterocycles. The average Bonchev–Trinajstić information content (AvgIpc) is 2.39. The highest BCUT2D eigenvalue weighted by molar-refractivity contribution is 5.55. The van der Waals surface area contributed by atoms with E-state index in [0.29, 0.717) is 17.4 Å². The van der Waals surface area contributed by atoms with Crippen LogP contribution in [-0.4, -0.2) is 26.8 Å². The number of methoxy groups -OCH3 is 1. The Labute approximate surface area is 102 Å². The molecule has 0 unspecified atom stereocenters. The first-order valence-corrected chi connectivity index (χ1v) is 6.06. The van der Waals surface area contributed by atoms with Crippen molar-refractivity contribution in [2.45, 2.75) is 12.8 Å². The van der Waals surface area contributed by atoms with Gasteiger partial charge in [0.25, 0.3) is 0 Å². The molecule has 4 nitrogen and oxygen atoms in total. The summed E-state index contributed by atoms with van der Waals surface area (Å²) in [7, 11) is 1.61. The second kappa shape index (κ2) is 5.77. The van der Waals surface area contributed by atoms with Gasteiger partial charge < -0.3 is 20.5 Å². The number of hydrogen-bond donors (Lipinski definition) is 2. The van der Waals surface area contributed by atoms with Gasteiger partial charge in [0.1, 0.15) is 11.5 Å². The summed E-state index contributed by atoms with van der Waals surface area (Å²) < 4.78 is 10.9. The van der Waals surface area contributed by atoms with Crippen molar-refractivity contribution in [3.05, 3.63) is 18.2 Å². The second-order valence-corrected chi connectivity index (χ2v) is 4.41. The van der Waals surface area contributed by atoms with Crippen molar-refractivity contribution in [1.82, 2.24) is 5.32 Å². The molecule has 0 amide bonds. The normalized spacial score (nSPS) is 16.8. The SMILES string of the molecule is COc1cc(OCC2CCNCC2)ccc1N. The van der Waals surface area contributed by atoms with Gasteiger partial charge in [-0.25, -0.2) is 0 Å². The Hall–Kier alpha value is -1.42. The second-order valence-electron chi connectivity index (χ2n) is 4.41. The van der Waals surface area contributed by atoms with Gasteiger partial charge in [-0.15, -0.1) is 0 Å². The van der Waals surface area contributed by atoms with Crippen LogP contribution in [0.5, 0.6) is 11.5 Å². The predicted octanol–water partition coefficient (Wildman–Crippen LogP) is 1.66. The quantitative estimate of drug-likeness (QED) is 0.781. The molecule has 4 heteroatoms. The maximum Gasteiger partial charge on any atom is 0.145 e. The van der Waals surface area contributed by atoms with Crippen molar-refractivity contribution in [3.63, 3.8) is 0 Å². The number of hydrogen-bond acceptors (Lipinski definition) is 4. The van der Waals surface area contributed by atoms with Crippen LogP contribution in [0.2, 0.25) is 0 Å². The van der Waals surface area contributed by atoms with Crippen molar-refractivity contribution >= 4 is 5.69 Å². The Kier molecular flexibility index (Phi) is 4.09. The monoisotopic (exact) mass is 236 g/mol. The maximum atomic E-state index is 5.78. The van der Waals surface area contributed by atoms with E-state index in [4.69, 9.17) is 15.2 Å². The third-order valence-corrected chi connectivity index (χ3v) is 3.15. The Bertz CT molecular complexity index is 362. The van der Waals surface area contributed by atoms with Crippen LogP contribution in [0.3, 0.4) is 0 Å². The Morgan fingerprint density at radius 3 is 2.82 bits per heavy atom. The van der Waals surface area contributed by atoms with Gasteiger partial charge in [-0.1, -0.05) is 0 Å². The van der Waals surface area contributed by atoms with Crippen LogP contribution in [0.25, 0.3) is 0 Å². The molecule has 1 fully saturated rings. The van der Waals surface area contributed by atoms with Crippen LogP contribution in [0.4, 0.5) is 5.69 Å². The summed E-state index contributed by atoms with van der Waals surface area (Å²) in [6.07, 6.45) is 2.37. The van der Waals surface area contributed by atoms with Gasteiger partial charge in [0.2, 0.25) is 0 Å². The van der Waals surface area contributed by atoms with E-state index in [-0.39, 0.29) is 0 Å². The fraction of sp³-hybridized carbons (Fsp3) is 0.538. The Morgan fingerprint density at radius 2 is 2.12 bits per heavy atom. The van der Waals surface area contributed by atoms with E-state index >= 15 is 0 Å². The number of nitrogen functional groups attached to an aromatic ring is 1. The minimum Gasteiger partial charge on any atom is -0.494 e. The molecule has 17 heavy (non-hydrogen) atoms. The van der Waals surface area contributed by atoms with E-state index in [9.17, 15) is 0 Å². The van der Waals surface area contributed by atoms with Crippen molar-refractivity contribution in [2.75, 3.05) is 32.5 Å². The van der Waals surface area contributed by atoms with Gasteiger partial charge in [0, 0.05) is 6.07 Å². The molecule has 3 N–H and O–H groups in total. The lowest BCUT2D eigenvalue weighted by molar-refractivity contribution is 0.214. The lowest BCUT2D eigenvalue weighted by Gasteiger charge is -2.22. The molecule has 94 valence electrons. The molecular weight excluding hydrogens is 216 g/mol. The highest BCUT2D eigenvalue weighted by Crippen LogP contribution is 2.27. The molecule has 1 aliphatic rings. The van der Waals surface area contributed by atoms with E-state index in [1.54, 1.807) is 7.11 Å². The molecule has 0 atom stereocenters. The minimum absolute atomic E-state index is 0.640. The summed E-state index contributed by atoms with van der Waals surface area (Å²) in [5.41, 5.74) is 6.39. The third kappa shape index (κ3) is 3.27. The van der Waals surface area contributed by atoms with Crippen LogP contribution in [-0.2, 0) is 0 Å². The topological polar surface area (TPSA) is 56.5 Å². The number of nitrogens with two attached hydrogens (primary N) is 1. The molecule has 0 bridgehead atoms. The van der Waals surface area contributed by atoms with Crippen LogP contribution in [0, 0.1) is 5.92 Å². The number of rotatable bonds is 4. The molecule has 0 aliphatic carbocycles. The molecule has 0 spiro atoms. The molecule has 1 aliphatic heterocycles. The van der Waals surface area contributed by atoms with Crippen LogP contribution >= 0.6 is 0 Å². The number of ether oxygens (including phenoxy) is 2. The first-order valence-electron chi connectivity index (χ1n) is 6.06. The highest BCUT2D eigenvalue weighted by Gasteiger charge is 2.13.